The number of carbonyl (C=O) groups excluding carboxylic acids is 2. The van der Waals surface area contributed by atoms with Crippen LogP contribution in [0.5, 0.6) is 0 Å². The van der Waals surface area contributed by atoms with Crippen LogP contribution in [0.4, 0.5) is 5.69 Å². The van der Waals surface area contributed by atoms with Gasteiger partial charge in [-0.15, -0.1) is 0 Å². The molecule has 1 rings (SSSR count). The summed E-state index contributed by atoms with van der Waals surface area (Å²) in [7, 11) is 1.91. The van der Waals surface area contributed by atoms with Crippen LogP contribution < -0.4 is 10.6 Å². The smallest absolute Gasteiger partial charge is 0.243 e. The number of anilines is 1. The Kier molecular flexibility index (Phi) is 7.75. The molecule has 5 heteroatoms. The van der Waals surface area contributed by atoms with Crippen LogP contribution in [0.2, 0.25) is 0 Å². The van der Waals surface area contributed by atoms with Gasteiger partial charge in [0.2, 0.25) is 11.8 Å². The monoisotopic (exact) mass is 319 g/mol. The number of hydrogen-bond acceptors (Lipinski definition) is 3. The highest BCUT2D eigenvalue weighted by Gasteiger charge is 2.11. The molecule has 0 aliphatic carbocycles. The summed E-state index contributed by atoms with van der Waals surface area (Å²) in [6.45, 7) is 9.28. The van der Waals surface area contributed by atoms with E-state index in [-0.39, 0.29) is 18.4 Å². The summed E-state index contributed by atoms with van der Waals surface area (Å²) in [6.07, 6.45) is 2.17. The number of likely N-dealkylation sites (N-methyl/N-ethyl adjacent to an activating group) is 1. The fourth-order valence-electron chi connectivity index (χ4n) is 2.55. The lowest BCUT2D eigenvalue weighted by molar-refractivity contribution is -0.124. The number of aryl methyl sites for hydroxylation is 3. The Balaban J connectivity index is 2.44. The summed E-state index contributed by atoms with van der Waals surface area (Å²) in [5.74, 6) is -0.333. The summed E-state index contributed by atoms with van der Waals surface area (Å²) < 4.78 is 0. The minimum atomic E-state index is -0.204. The van der Waals surface area contributed by atoms with E-state index < -0.39 is 0 Å². The van der Waals surface area contributed by atoms with Crippen LogP contribution in [-0.4, -0.2) is 43.4 Å². The first-order chi connectivity index (χ1) is 10.8. The fraction of sp³-hybridized carbons (Fsp3) is 0.556. The second-order valence-corrected chi connectivity index (χ2v) is 6.19. The van der Waals surface area contributed by atoms with Gasteiger partial charge in [0.1, 0.15) is 0 Å². The van der Waals surface area contributed by atoms with Gasteiger partial charge in [-0.25, -0.2) is 0 Å². The molecule has 23 heavy (non-hydrogen) atoms. The predicted molar refractivity (Wildman–Crippen MR) is 94.7 cm³/mol. The van der Waals surface area contributed by atoms with E-state index in [1.807, 2.05) is 44.9 Å². The normalized spacial score (nSPS) is 10.7. The van der Waals surface area contributed by atoms with Crippen molar-refractivity contribution in [3.8, 4) is 0 Å². The highest BCUT2D eigenvalue weighted by atomic mass is 16.2. The van der Waals surface area contributed by atoms with E-state index in [2.05, 4.69) is 17.6 Å². The molecule has 0 bridgehead atoms. The molecule has 0 saturated heterocycles. The van der Waals surface area contributed by atoms with Crippen molar-refractivity contribution in [2.75, 3.05) is 32.0 Å². The maximum absolute atomic E-state index is 12.0. The largest absolute Gasteiger partial charge is 0.346 e. The number of nitrogens with one attached hydrogen (secondary N) is 2. The van der Waals surface area contributed by atoms with Gasteiger partial charge in [0.25, 0.3) is 0 Å². The minimum absolute atomic E-state index is 0.00674. The molecule has 0 atom stereocenters. The molecule has 0 saturated carbocycles. The molecule has 0 radical (unpaired) electrons. The first-order valence-corrected chi connectivity index (χ1v) is 8.16. The summed E-state index contributed by atoms with van der Waals surface area (Å²) in [4.78, 5) is 25.8. The molecule has 0 fully saturated rings. The lowest BCUT2D eigenvalue weighted by Gasteiger charge is -2.16. The van der Waals surface area contributed by atoms with Gasteiger partial charge in [0.05, 0.1) is 13.1 Å². The van der Waals surface area contributed by atoms with E-state index in [4.69, 9.17) is 0 Å². The van der Waals surface area contributed by atoms with Crippen molar-refractivity contribution >= 4 is 17.5 Å². The van der Waals surface area contributed by atoms with E-state index in [0.29, 0.717) is 6.54 Å². The average molecular weight is 319 g/mol. The Hall–Kier alpha value is -1.88. The Morgan fingerprint density at radius 3 is 2.26 bits per heavy atom. The van der Waals surface area contributed by atoms with Crippen molar-refractivity contribution in [3.63, 3.8) is 0 Å². The maximum atomic E-state index is 12.0. The Morgan fingerprint density at radius 1 is 1.09 bits per heavy atom. The SMILES string of the molecule is CCCCN(C)CC(=O)NCC(=O)Nc1c(C)cc(C)cc1C. The number of amides is 2. The van der Waals surface area contributed by atoms with Crippen molar-refractivity contribution < 1.29 is 9.59 Å². The molecule has 2 N–H and O–H groups in total. The average Bonchev–Trinajstić information content (AvgIpc) is 2.46. The summed E-state index contributed by atoms with van der Waals surface area (Å²) in [5, 5.41) is 5.55. The predicted octanol–water partition coefficient (Wildman–Crippen LogP) is 2.40. The standard InChI is InChI=1S/C18H29N3O2/c1-6-7-8-21(5)12-17(23)19-11-16(22)20-18-14(3)9-13(2)10-15(18)4/h9-10H,6-8,11-12H2,1-5H3,(H,19,23)(H,20,22). The molecule has 0 unspecified atom stereocenters. The van der Waals surface area contributed by atoms with E-state index in [1.54, 1.807) is 0 Å². The van der Waals surface area contributed by atoms with Crippen LogP contribution in [-0.2, 0) is 9.59 Å². The van der Waals surface area contributed by atoms with Crippen LogP contribution in [0.25, 0.3) is 0 Å². The molecule has 0 heterocycles. The molecular weight excluding hydrogens is 290 g/mol. The van der Waals surface area contributed by atoms with Crippen molar-refractivity contribution in [1.82, 2.24) is 10.2 Å². The van der Waals surface area contributed by atoms with Gasteiger partial charge in [-0.2, -0.15) is 0 Å². The van der Waals surface area contributed by atoms with Gasteiger partial charge in [-0.1, -0.05) is 31.0 Å². The minimum Gasteiger partial charge on any atom is -0.346 e. The van der Waals surface area contributed by atoms with Crippen LogP contribution in [0.3, 0.4) is 0 Å². The molecule has 2 amide bonds. The number of rotatable bonds is 8. The van der Waals surface area contributed by atoms with Crippen molar-refractivity contribution in [2.24, 2.45) is 0 Å². The molecule has 0 aliphatic rings. The molecule has 0 aromatic heterocycles. The summed E-state index contributed by atoms with van der Waals surface area (Å²) in [5.41, 5.74) is 4.05. The topological polar surface area (TPSA) is 61.4 Å². The van der Waals surface area contributed by atoms with Gasteiger partial charge in [-0.05, 0) is 51.9 Å². The van der Waals surface area contributed by atoms with Crippen LogP contribution in [0.1, 0.15) is 36.5 Å². The third kappa shape index (κ3) is 6.82. The zero-order chi connectivity index (χ0) is 17.4. The van der Waals surface area contributed by atoms with Gasteiger partial charge in [-0.3, -0.25) is 14.5 Å². The van der Waals surface area contributed by atoms with Gasteiger partial charge < -0.3 is 10.6 Å². The third-order valence-corrected chi connectivity index (χ3v) is 3.69. The first kappa shape index (κ1) is 19.2. The second kappa shape index (κ2) is 9.30. The highest BCUT2D eigenvalue weighted by Crippen LogP contribution is 2.21. The Morgan fingerprint density at radius 2 is 1.70 bits per heavy atom. The molecule has 0 aliphatic heterocycles. The zero-order valence-corrected chi connectivity index (χ0v) is 15.0. The molecule has 0 spiro atoms. The van der Waals surface area contributed by atoms with Crippen LogP contribution in [0, 0.1) is 20.8 Å². The van der Waals surface area contributed by atoms with E-state index in [0.717, 1.165) is 36.2 Å². The van der Waals surface area contributed by atoms with Gasteiger partial charge in [0, 0.05) is 5.69 Å². The molecule has 1 aromatic rings. The number of benzene rings is 1. The van der Waals surface area contributed by atoms with Crippen LogP contribution in [0.15, 0.2) is 12.1 Å². The van der Waals surface area contributed by atoms with Crippen LogP contribution >= 0.6 is 0 Å². The lowest BCUT2D eigenvalue weighted by atomic mass is 10.1. The third-order valence-electron chi connectivity index (χ3n) is 3.69. The fourth-order valence-corrected chi connectivity index (χ4v) is 2.55. The number of nitrogens with zero attached hydrogens (tertiary/aromatic N) is 1. The molecule has 5 nitrogen and oxygen atoms in total. The molecular formula is C18H29N3O2. The molecule has 1 aromatic carbocycles. The molecule has 128 valence electrons. The summed E-state index contributed by atoms with van der Waals surface area (Å²) >= 11 is 0. The quantitative estimate of drug-likeness (QED) is 0.773. The number of unbranched alkanes of at least 4 members (excludes halogenated alkanes) is 1. The Labute approximate surface area is 139 Å². The van der Waals surface area contributed by atoms with Gasteiger partial charge >= 0.3 is 0 Å². The van der Waals surface area contributed by atoms with Gasteiger partial charge in [0.15, 0.2) is 0 Å². The first-order valence-electron chi connectivity index (χ1n) is 8.16. The Bertz CT molecular complexity index is 532. The highest BCUT2D eigenvalue weighted by molar-refractivity contribution is 5.96. The lowest BCUT2D eigenvalue weighted by Crippen LogP contribution is -2.39. The number of carbonyl (C=O) groups is 2. The van der Waals surface area contributed by atoms with Crippen molar-refractivity contribution in [2.45, 2.75) is 40.5 Å². The van der Waals surface area contributed by atoms with E-state index >= 15 is 0 Å². The van der Waals surface area contributed by atoms with E-state index in [1.165, 1.54) is 5.56 Å². The van der Waals surface area contributed by atoms with Crippen molar-refractivity contribution in [3.05, 3.63) is 28.8 Å². The number of hydrogen-bond donors (Lipinski definition) is 2. The zero-order valence-electron chi connectivity index (χ0n) is 15.0. The second-order valence-electron chi connectivity index (χ2n) is 6.19. The summed E-state index contributed by atoms with van der Waals surface area (Å²) in [6, 6.07) is 4.06. The van der Waals surface area contributed by atoms with E-state index in [9.17, 15) is 9.59 Å². The maximum Gasteiger partial charge on any atom is 0.243 e. The van der Waals surface area contributed by atoms with Crippen molar-refractivity contribution in [1.29, 1.82) is 0 Å².